The van der Waals surface area contributed by atoms with Crippen LogP contribution in [-0.4, -0.2) is 70.0 Å². The van der Waals surface area contributed by atoms with Crippen LogP contribution in [0, 0.1) is 18.8 Å². The average Bonchev–Trinajstić information content (AvgIpc) is 3.27. The van der Waals surface area contributed by atoms with Crippen molar-refractivity contribution in [3.8, 4) is 0 Å². The molecule has 6 rings (SSSR count). The number of fused-ring (bicyclic) bond motifs is 2. The molecule has 2 aromatic carbocycles. The van der Waals surface area contributed by atoms with E-state index in [2.05, 4.69) is 6.08 Å². The summed E-state index contributed by atoms with van der Waals surface area (Å²) in [5, 5.41) is 9.57. The van der Waals surface area contributed by atoms with E-state index >= 15 is 0 Å². The van der Waals surface area contributed by atoms with Crippen molar-refractivity contribution >= 4 is 52.5 Å². The van der Waals surface area contributed by atoms with Gasteiger partial charge in [0.05, 0.1) is 27.3 Å². The van der Waals surface area contributed by atoms with Crippen molar-refractivity contribution in [3.63, 3.8) is 0 Å². The largest absolute Gasteiger partial charge is 0.396 e. The molecular formula is C32H34ClN3O4S. The number of hydrogen-bond acceptors (Lipinski definition) is 5. The first-order valence-electron chi connectivity index (χ1n) is 14.3. The van der Waals surface area contributed by atoms with Crippen LogP contribution in [0.25, 0.3) is 0 Å². The Morgan fingerprint density at radius 1 is 0.927 bits per heavy atom. The number of hydrogen-bond donors (Lipinski definition) is 1. The van der Waals surface area contributed by atoms with E-state index in [0.29, 0.717) is 43.2 Å². The normalized spacial score (nSPS) is 29.0. The maximum absolute atomic E-state index is 14.6. The number of benzene rings is 2. The maximum Gasteiger partial charge on any atom is 0.251 e. The lowest BCUT2D eigenvalue weighted by molar-refractivity contribution is -0.138. The van der Waals surface area contributed by atoms with Crippen LogP contribution >= 0.6 is 23.4 Å². The Balaban J connectivity index is 1.43. The molecule has 4 aliphatic rings. The van der Waals surface area contributed by atoms with E-state index in [1.54, 1.807) is 32.5 Å². The molecule has 4 heterocycles. The van der Waals surface area contributed by atoms with Crippen LogP contribution in [0.1, 0.15) is 24.8 Å². The van der Waals surface area contributed by atoms with E-state index in [1.807, 2.05) is 67.6 Å². The van der Waals surface area contributed by atoms with Crippen LogP contribution in [0.2, 0.25) is 5.02 Å². The van der Waals surface area contributed by atoms with Gasteiger partial charge in [-0.15, -0.1) is 11.8 Å². The van der Waals surface area contributed by atoms with Gasteiger partial charge in [-0.25, -0.2) is 0 Å². The molecule has 2 aromatic rings. The van der Waals surface area contributed by atoms with Gasteiger partial charge in [0.15, 0.2) is 0 Å². The molecule has 0 aromatic heterocycles. The second-order valence-corrected chi connectivity index (χ2v) is 13.0. The van der Waals surface area contributed by atoms with Crippen molar-refractivity contribution in [2.75, 3.05) is 36.0 Å². The number of halogens is 1. The van der Waals surface area contributed by atoms with Crippen molar-refractivity contribution in [3.05, 3.63) is 83.4 Å². The predicted octanol–water partition coefficient (Wildman–Crippen LogP) is 4.61. The van der Waals surface area contributed by atoms with Crippen LogP contribution in [0.15, 0.2) is 72.8 Å². The lowest BCUT2D eigenvalue weighted by atomic mass is 9.78. The van der Waals surface area contributed by atoms with E-state index < -0.39 is 22.6 Å². The number of anilines is 2. The highest BCUT2D eigenvalue weighted by Gasteiger charge is 2.71. The van der Waals surface area contributed by atoms with Crippen molar-refractivity contribution in [2.45, 2.75) is 42.2 Å². The smallest absolute Gasteiger partial charge is 0.251 e. The van der Waals surface area contributed by atoms with Gasteiger partial charge in [-0.3, -0.25) is 14.4 Å². The zero-order chi connectivity index (χ0) is 28.7. The summed E-state index contributed by atoms with van der Waals surface area (Å²) < 4.78 is -0.885. The summed E-state index contributed by atoms with van der Waals surface area (Å²) in [4.78, 5) is 48.5. The van der Waals surface area contributed by atoms with Gasteiger partial charge in [0.1, 0.15) is 6.04 Å². The Morgan fingerprint density at radius 3 is 2.46 bits per heavy atom. The third-order valence-corrected chi connectivity index (χ3v) is 10.8. The molecule has 7 nitrogen and oxygen atoms in total. The molecule has 0 saturated carbocycles. The Bertz CT molecular complexity index is 1390. The molecule has 214 valence electrons. The molecule has 0 radical (unpaired) electrons. The highest BCUT2D eigenvalue weighted by atomic mass is 35.5. The van der Waals surface area contributed by atoms with Crippen LogP contribution in [0.3, 0.4) is 0 Å². The Kier molecular flexibility index (Phi) is 7.74. The minimum absolute atomic E-state index is 0.0843. The molecule has 1 spiro atoms. The molecule has 41 heavy (non-hydrogen) atoms. The molecule has 4 aliphatic heterocycles. The molecular weight excluding hydrogens is 558 g/mol. The minimum atomic E-state index is -0.885. The van der Waals surface area contributed by atoms with E-state index in [0.717, 1.165) is 17.7 Å². The summed E-state index contributed by atoms with van der Waals surface area (Å²) >= 11 is 8.22. The van der Waals surface area contributed by atoms with Crippen molar-refractivity contribution in [1.82, 2.24) is 4.90 Å². The summed E-state index contributed by atoms with van der Waals surface area (Å²) in [6.07, 6.45) is 10.1. The Morgan fingerprint density at radius 2 is 1.71 bits per heavy atom. The molecule has 5 atom stereocenters. The molecule has 1 unspecified atom stereocenters. The second kappa shape index (κ2) is 11.3. The fourth-order valence-electron chi connectivity index (χ4n) is 6.95. The number of carbonyl (C=O) groups is 3. The zero-order valence-corrected chi connectivity index (χ0v) is 24.6. The van der Waals surface area contributed by atoms with E-state index in [4.69, 9.17) is 11.6 Å². The highest BCUT2D eigenvalue weighted by molar-refractivity contribution is 8.02. The quantitative estimate of drug-likeness (QED) is 0.376. The number of unbranched alkanes of at least 4 members (excludes halogenated alkanes) is 2. The summed E-state index contributed by atoms with van der Waals surface area (Å²) in [6, 6.07) is 14.3. The number of rotatable bonds is 7. The molecule has 3 amide bonds. The maximum atomic E-state index is 14.6. The monoisotopic (exact) mass is 591 g/mol. The average molecular weight is 592 g/mol. The first kappa shape index (κ1) is 28.1. The van der Waals surface area contributed by atoms with Gasteiger partial charge < -0.3 is 19.8 Å². The number of nitrogens with zero attached hydrogens (tertiary/aromatic N) is 3. The molecule has 2 fully saturated rings. The van der Waals surface area contributed by atoms with Crippen molar-refractivity contribution in [1.29, 1.82) is 0 Å². The molecule has 9 heteroatoms. The summed E-state index contributed by atoms with van der Waals surface area (Å²) in [5.41, 5.74) is 2.33. The predicted molar refractivity (Wildman–Crippen MR) is 163 cm³/mol. The number of aliphatic hydroxyl groups is 1. The number of carbonyl (C=O) groups excluding carboxylic acids is 3. The summed E-state index contributed by atoms with van der Waals surface area (Å²) in [6.45, 7) is 3.17. The van der Waals surface area contributed by atoms with Gasteiger partial charge >= 0.3 is 0 Å². The fraction of sp³-hybridized carbons (Fsp3) is 0.406. The first-order valence-corrected chi connectivity index (χ1v) is 15.5. The Hall–Kier alpha value is -3.07. The summed E-state index contributed by atoms with van der Waals surface area (Å²) in [5.74, 6) is -1.67. The molecule has 0 aliphatic carbocycles. The lowest BCUT2D eigenvalue weighted by Gasteiger charge is -2.35. The first-order chi connectivity index (χ1) is 19.9. The van der Waals surface area contributed by atoms with Crippen LogP contribution in [0.4, 0.5) is 11.4 Å². The standard InChI is InChI=1S/C32H34ClN3O4S/c1-21-11-8-14-23(33)27(21)35-19-10-16-32-26(30(39)36(28(32)31(35)40)17-6-3-7-20-37)25-24(41-32)15-9-18-34(29(25)38)22-12-4-2-5-13-22/h2,4-5,8-16,24-26,28,37H,3,6-7,17-20H2,1H3/t24-,25+,26-,28?,32-/m0/s1. The van der Waals surface area contributed by atoms with E-state index in [1.165, 1.54) is 0 Å². The number of thioether (sulfide) groups is 1. The van der Waals surface area contributed by atoms with Crippen LogP contribution in [0.5, 0.6) is 0 Å². The highest BCUT2D eigenvalue weighted by Crippen LogP contribution is 2.61. The van der Waals surface area contributed by atoms with Crippen LogP contribution < -0.4 is 9.80 Å². The summed E-state index contributed by atoms with van der Waals surface area (Å²) in [7, 11) is 0. The van der Waals surface area contributed by atoms with Gasteiger partial charge in [0.2, 0.25) is 11.8 Å². The molecule has 2 saturated heterocycles. The van der Waals surface area contributed by atoms with Crippen molar-refractivity contribution < 1.29 is 19.5 Å². The van der Waals surface area contributed by atoms with Gasteiger partial charge in [-0.1, -0.05) is 66.2 Å². The molecule has 1 N–H and O–H groups in total. The van der Waals surface area contributed by atoms with E-state index in [-0.39, 0.29) is 29.6 Å². The van der Waals surface area contributed by atoms with Gasteiger partial charge in [-0.2, -0.15) is 0 Å². The number of aliphatic hydroxyl groups excluding tert-OH is 1. The van der Waals surface area contributed by atoms with E-state index in [9.17, 15) is 19.5 Å². The number of likely N-dealkylation sites (tertiary alicyclic amines) is 1. The lowest BCUT2D eigenvalue weighted by Crippen LogP contribution is -2.53. The van der Waals surface area contributed by atoms with Crippen molar-refractivity contribution in [2.24, 2.45) is 11.8 Å². The third-order valence-electron chi connectivity index (χ3n) is 8.74. The SMILES string of the molecule is Cc1cccc(Cl)c1N1CC=C[C@]23S[C@H]4C=CCN(c5ccccc5)C(=O)[C@H]4[C@H]2C(=O)N(CCCCCO)C3C1=O. The van der Waals surface area contributed by atoms with Gasteiger partial charge in [0, 0.05) is 37.2 Å². The minimum Gasteiger partial charge on any atom is -0.396 e. The topological polar surface area (TPSA) is 81.2 Å². The Labute approximate surface area is 249 Å². The third kappa shape index (κ3) is 4.60. The van der Waals surface area contributed by atoms with Crippen LogP contribution in [-0.2, 0) is 14.4 Å². The molecule has 0 bridgehead atoms. The second-order valence-electron chi connectivity index (χ2n) is 11.1. The zero-order valence-electron chi connectivity index (χ0n) is 23.0. The fourth-order valence-corrected chi connectivity index (χ4v) is 9.28. The van der Waals surface area contributed by atoms with Gasteiger partial charge in [0.25, 0.3) is 5.91 Å². The van der Waals surface area contributed by atoms with Gasteiger partial charge in [-0.05, 0) is 49.9 Å². The number of para-hydroxylation sites is 2. The number of amides is 3. The number of aryl methyl sites for hydroxylation is 1.